The van der Waals surface area contributed by atoms with Crippen molar-refractivity contribution in [2.75, 3.05) is 12.8 Å². The summed E-state index contributed by atoms with van der Waals surface area (Å²) in [5.74, 6) is 0. The maximum Gasteiger partial charge on any atom is 0.158 e. The van der Waals surface area contributed by atoms with Gasteiger partial charge in [0.25, 0.3) is 0 Å². The molecule has 0 spiro atoms. The smallest absolute Gasteiger partial charge is 0.158 e. The van der Waals surface area contributed by atoms with Crippen molar-refractivity contribution in [3.8, 4) is 0 Å². The third-order valence-electron chi connectivity index (χ3n) is 3.04. The molecule has 1 fully saturated rings. The van der Waals surface area contributed by atoms with E-state index >= 15 is 0 Å². The molecule has 0 bridgehead atoms. The highest BCUT2D eigenvalue weighted by atomic mass is 32.2. The molecule has 5 heteroatoms. The first-order valence-corrected chi connectivity index (χ1v) is 6.66. The fourth-order valence-electron chi connectivity index (χ4n) is 1.93. The maximum atomic E-state index is 11.8. The molecule has 1 aliphatic heterocycles. The Balaban J connectivity index is 2.37. The fraction of sp³-hybridized carbons (Fsp3) is 0.500. The van der Waals surface area contributed by atoms with E-state index in [2.05, 4.69) is 5.32 Å². The lowest BCUT2D eigenvalue weighted by Crippen LogP contribution is -2.43. The Morgan fingerprint density at radius 1 is 1.60 bits per heavy atom. The van der Waals surface area contributed by atoms with E-state index in [1.165, 1.54) is 6.26 Å². The van der Waals surface area contributed by atoms with Gasteiger partial charge in [-0.05, 0) is 6.42 Å². The molecule has 82 valence electrons. The van der Waals surface area contributed by atoms with Gasteiger partial charge in [-0.15, -0.1) is 0 Å². The van der Waals surface area contributed by atoms with Crippen LogP contribution in [0.1, 0.15) is 6.42 Å². The lowest BCUT2D eigenvalue weighted by molar-refractivity contribution is -0.104. The lowest BCUT2D eigenvalue weighted by atomic mass is 9.93. The number of rotatable bonds is 3. The fourth-order valence-corrected chi connectivity index (χ4v) is 3.32. The van der Waals surface area contributed by atoms with Gasteiger partial charge in [0.1, 0.15) is 11.0 Å². The molecular weight excluding hydrogens is 214 g/mol. The van der Waals surface area contributed by atoms with Gasteiger partial charge in [-0.1, -0.05) is 18.2 Å². The predicted molar refractivity (Wildman–Crippen MR) is 57.3 cm³/mol. The van der Waals surface area contributed by atoms with Crippen LogP contribution in [0.25, 0.3) is 0 Å². The van der Waals surface area contributed by atoms with Crippen molar-refractivity contribution in [3.63, 3.8) is 0 Å². The van der Waals surface area contributed by atoms with Gasteiger partial charge < -0.3 is 5.32 Å². The molecule has 2 unspecified atom stereocenters. The summed E-state index contributed by atoms with van der Waals surface area (Å²) >= 11 is 0. The number of aldehydes is 1. The summed E-state index contributed by atoms with van der Waals surface area (Å²) in [4.78, 5) is 10.5. The van der Waals surface area contributed by atoms with E-state index in [0.717, 1.165) is 12.8 Å². The predicted octanol–water partition coefficient (Wildman–Crippen LogP) is -0.173. The van der Waals surface area contributed by atoms with Gasteiger partial charge in [0.15, 0.2) is 9.84 Å². The molecule has 15 heavy (non-hydrogen) atoms. The molecule has 0 saturated carbocycles. The number of carbonyl (C=O) groups is 1. The van der Waals surface area contributed by atoms with Crippen molar-refractivity contribution in [3.05, 3.63) is 23.8 Å². The first kappa shape index (κ1) is 10.6. The number of allylic oxidation sites excluding steroid dienone is 3. The van der Waals surface area contributed by atoms with Crippen molar-refractivity contribution in [2.45, 2.75) is 17.2 Å². The third kappa shape index (κ3) is 1.66. The number of hydrogen-bond acceptors (Lipinski definition) is 4. The number of sulfone groups is 1. The summed E-state index contributed by atoms with van der Waals surface area (Å²) in [5.41, 5.74) is 0.551. The summed E-state index contributed by atoms with van der Waals surface area (Å²) < 4.78 is 22.7. The number of nitrogens with one attached hydrogen (secondary N) is 1. The molecule has 1 saturated heterocycles. The van der Waals surface area contributed by atoms with E-state index in [1.54, 1.807) is 18.2 Å². The first-order valence-electron chi connectivity index (χ1n) is 4.77. The Kier molecular flexibility index (Phi) is 2.31. The minimum Gasteiger partial charge on any atom is -0.309 e. The maximum absolute atomic E-state index is 11.8. The van der Waals surface area contributed by atoms with E-state index in [0.29, 0.717) is 12.0 Å². The van der Waals surface area contributed by atoms with E-state index in [4.69, 9.17) is 0 Å². The standard InChI is InChI=1S/C10H13NO3S/c1-15(13,14)10(9-6-11-9)4-2-8(7-12)3-5-10/h2-4,7,9,11H,5-6H2,1H3. The molecule has 4 nitrogen and oxygen atoms in total. The molecule has 0 radical (unpaired) electrons. The van der Waals surface area contributed by atoms with Crippen LogP contribution < -0.4 is 5.32 Å². The zero-order valence-electron chi connectivity index (χ0n) is 8.43. The average molecular weight is 227 g/mol. The van der Waals surface area contributed by atoms with Gasteiger partial charge in [0, 0.05) is 24.4 Å². The second-order valence-corrected chi connectivity index (χ2v) is 6.35. The van der Waals surface area contributed by atoms with E-state index in [-0.39, 0.29) is 6.04 Å². The van der Waals surface area contributed by atoms with Crippen LogP contribution in [0.3, 0.4) is 0 Å². The Morgan fingerprint density at radius 2 is 2.27 bits per heavy atom. The molecule has 1 N–H and O–H groups in total. The summed E-state index contributed by atoms with van der Waals surface area (Å²) in [6.07, 6.45) is 7.30. The summed E-state index contributed by atoms with van der Waals surface area (Å²) in [7, 11) is -3.17. The van der Waals surface area contributed by atoms with Crippen LogP contribution in [0, 0.1) is 0 Å². The normalized spacial score (nSPS) is 34.7. The zero-order valence-corrected chi connectivity index (χ0v) is 9.25. The molecule has 0 aromatic rings. The van der Waals surface area contributed by atoms with Crippen LogP contribution in [0.4, 0.5) is 0 Å². The molecular formula is C10H13NO3S. The van der Waals surface area contributed by atoms with Gasteiger partial charge in [-0.25, -0.2) is 8.42 Å². The van der Waals surface area contributed by atoms with E-state index in [1.807, 2.05) is 0 Å². The van der Waals surface area contributed by atoms with Gasteiger partial charge in [-0.2, -0.15) is 0 Å². The topological polar surface area (TPSA) is 73.2 Å². The van der Waals surface area contributed by atoms with Gasteiger partial charge in [0.05, 0.1) is 0 Å². The van der Waals surface area contributed by atoms with Crippen LogP contribution >= 0.6 is 0 Å². The van der Waals surface area contributed by atoms with Crippen molar-refractivity contribution in [1.29, 1.82) is 0 Å². The number of carbonyl (C=O) groups excluding carboxylic acids is 1. The SMILES string of the molecule is CS(=O)(=O)C1(C2CN2)C=CC(C=O)=CC1. The molecule has 1 heterocycles. The van der Waals surface area contributed by atoms with Crippen molar-refractivity contribution >= 4 is 16.1 Å². The molecule has 1 aliphatic carbocycles. The average Bonchev–Trinajstić information content (AvgIpc) is 2.99. The van der Waals surface area contributed by atoms with E-state index < -0.39 is 14.6 Å². The first-order chi connectivity index (χ1) is 6.99. The Hall–Kier alpha value is -0.940. The highest BCUT2D eigenvalue weighted by Crippen LogP contribution is 2.35. The van der Waals surface area contributed by atoms with Crippen molar-refractivity contribution < 1.29 is 13.2 Å². The van der Waals surface area contributed by atoms with E-state index in [9.17, 15) is 13.2 Å². The number of hydrogen-bond donors (Lipinski definition) is 1. The second kappa shape index (κ2) is 3.28. The zero-order chi connectivity index (χ0) is 11.1. The van der Waals surface area contributed by atoms with Gasteiger partial charge in [-0.3, -0.25) is 4.79 Å². The largest absolute Gasteiger partial charge is 0.309 e. The second-order valence-electron chi connectivity index (χ2n) is 4.05. The van der Waals surface area contributed by atoms with Gasteiger partial charge >= 0.3 is 0 Å². The summed E-state index contributed by atoms with van der Waals surface area (Å²) in [5, 5.41) is 3.04. The Morgan fingerprint density at radius 3 is 2.60 bits per heavy atom. The van der Waals surface area contributed by atoms with Crippen LogP contribution in [0.15, 0.2) is 23.8 Å². The summed E-state index contributed by atoms with van der Waals surface area (Å²) in [6.45, 7) is 0.724. The van der Waals surface area contributed by atoms with Gasteiger partial charge in [0.2, 0.25) is 0 Å². The Bertz CT molecular complexity index is 445. The van der Waals surface area contributed by atoms with Crippen LogP contribution in [0.2, 0.25) is 0 Å². The van der Waals surface area contributed by atoms with Crippen molar-refractivity contribution in [1.82, 2.24) is 5.32 Å². The minimum atomic E-state index is -3.17. The van der Waals surface area contributed by atoms with Crippen LogP contribution in [-0.2, 0) is 14.6 Å². The van der Waals surface area contributed by atoms with Crippen molar-refractivity contribution in [2.24, 2.45) is 0 Å². The molecule has 2 atom stereocenters. The quantitative estimate of drug-likeness (QED) is 0.536. The monoisotopic (exact) mass is 227 g/mol. The third-order valence-corrected chi connectivity index (χ3v) is 5.01. The summed E-state index contributed by atoms with van der Waals surface area (Å²) in [6, 6.07) is -0.00629. The van der Waals surface area contributed by atoms with Crippen LogP contribution in [0.5, 0.6) is 0 Å². The minimum absolute atomic E-state index is 0.00629. The molecule has 0 amide bonds. The molecule has 0 aromatic carbocycles. The Labute approximate surface area is 89.0 Å². The lowest BCUT2D eigenvalue weighted by Gasteiger charge is -2.29. The molecule has 0 aromatic heterocycles. The molecule has 2 rings (SSSR count). The highest BCUT2D eigenvalue weighted by molar-refractivity contribution is 7.92. The van der Waals surface area contributed by atoms with Crippen LogP contribution in [-0.4, -0.2) is 38.3 Å². The highest BCUT2D eigenvalue weighted by Gasteiger charge is 2.50. The molecule has 2 aliphatic rings.